The molecule has 0 atom stereocenters. The Morgan fingerprint density at radius 3 is 2.48 bits per heavy atom. The molecule has 2 aromatic rings. The van der Waals surface area contributed by atoms with Crippen LogP contribution in [0.4, 0.5) is 5.69 Å². The number of nitrogens with zero attached hydrogens (tertiary/aromatic N) is 1. The van der Waals surface area contributed by atoms with Crippen molar-refractivity contribution in [3.05, 3.63) is 78.4 Å². The highest BCUT2D eigenvalue weighted by Crippen LogP contribution is 2.15. The van der Waals surface area contributed by atoms with Gasteiger partial charge >= 0.3 is 0 Å². The number of rotatable bonds is 6. The fraction of sp³-hybridized carbons (Fsp3) is 0.0526. The molecule has 114 valence electrons. The second-order valence-electron chi connectivity index (χ2n) is 4.66. The molecule has 0 aromatic heterocycles. The van der Waals surface area contributed by atoms with E-state index >= 15 is 0 Å². The van der Waals surface area contributed by atoms with Crippen molar-refractivity contribution >= 4 is 17.7 Å². The topological polar surface area (TPSA) is 62.1 Å². The zero-order chi connectivity index (χ0) is 16.5. The largest absolute Gasteiger partial charge is 0.490 e. The predicted octanol–water partition coefficient (Wildman–Crippen LogP) is 3.80. The standard InChI is InChI=1S/C19H16N2O2/c1-2-12-23-18-10-8-15(9-11-18)13-16(14-20)19(22)21-17-6-4-3-5-7-17/h2-11,13H,1,12H2,(H,21,22)/b16-13+. The van der Waals surface area contributed by atoms with Gasteiger partial charge in [0.1, 0.15) is 24.0 Å². The molecule has 0 spiro atoms. The first-order chi connectivity index (χ1) is 11.2. The highest BCUT2D eigenvalue weighted by atomic mass is 16.5. The van der Waals surface area contributed by atoms with Gasteiger partial charge in [-0.15, -0.1) is 0 Å². The summed E-state index contributed by atoms with van der Waals surface area (Å²) in [7, 11) is 0. The van der Waals surface area contributed by atoms with Crippen LogP contribution in [0.2, 0.25) is 0 Å². The number of amides is 1. The summed E-state index contributed by atoms with van der Waals surface area (Å²) in [6, 6.07) is 18.0. The van der Waals surface area contributed by atoms with E-state index < -0.39 is 5.91 Å². The van der Waals surface area contributed by atoms with E-state index in [9.17, 15) is 10.1 Å². The van der Waals surface area contributed by atoms with Crippen molar-refractivity contribution in [2.45, 2.75) is 0 Å². The lowest BCUT2D eigenvalue weighted by Crippen LogP contribution is -2.13. The lowest BCUT2D eigenvalue weighted by atomic mass is 10.1. The number of anilines is 1. The molecule has 0 saturated carbocycles. The summed E-state index contributed by atoms with van der Waals surface area (Å²) in [6.45, 7) is 4.01. The van der Waals surface area contributed by atoms with Crippen molar-refractivity contribution in [2.24, 2.45) is 0 Å². The Labute approximate surface area is 135 Å². The van der Waals surface area contributed by atoms with Crippen LogP contribution in [0.3, 0.4) is 0 Å². The zero-order valence-corrected chi connectivity index (χ0v) is 12.5. The monoisotopic (exact) mass is 304 g/mol. The molecule has 2 aromatic carbocycles. The van der Waals surface area contributed by atoms with Gasteiger partial charge in [-0.25, -0.2) is 0 Å². The zero-order valence-electron chi connectivity index (χ0n) is 12.5. The van der Waals surface area contributed by atoms with E-state index in [-0.39, 0.29) is 5.57 Å². The number of hydrogen-bond acceptors (Lipinski definition) is 3. The van der Waals surface area contributed by atoms with Gasteiger partial charge in [0.25, 0.3) is 5.91 Å². The van der Waals surface area contributed by atoms with Crippen molar-refractivity contribution in [3.8, 4) is 11.8 Å². The van der Waals surface area contributed by atoms with Crippen LogP contribution in [0.1, 0.15) is 5.56 Å². The van der Waals surface area contributed by atoms with Crippen molar-refractivity contribution < 1.29 is 9.53 Å². The van der Waals surface area contributed by atoms with E-state index in [0.717, 1.165) is 5.56 Å². The minimum absolute atomic E-state index is 0.0358. The quantitative estimate of drug-likeness (QED) is 0.501. The molecule has 0 heterocycles. The number of carbonyl (C=O) groups excluding carboxylic acids is 1. The van der Waals surface area contributed by atoms with Crippen LogP contribution < -0.4 is 10.1 Å². The Kier molecular flexibility index (Phi) is 5.73. The van der Waals surface area contributed by atoms with Crippen LogP contribution in [-0.4, -0.2) is 12.5 Å². The number of ether oxygens (including phenoxy) is 1. The van der Waals surface area contributed by atoms with E-state index in [2.05, 4.69) is 11.9 Å². The summed E-state index contributed by atoms with van der Waals surface area (Å²) < 4.78 is 5.38. The van der Waals surface area contributed by atoms with Gasteiger partial charge in [0.15, 0.2) is 0 Å². The number of nitriles is 1. The maximum absolute atomic E-state index is 12.1. The molecule has 2 rings (SSSR count). The molecule has 4 heteroatoms. The number of para-hydroxylation sites is 1. The van der Waals surface area contributed by atoms with Crippen LogP contribution in [0.5, 0.6) is 5.75 Å². The molecule has 0 fully saturated rings. The van der Waals surface area contributed by atoms with Gasteiger partial charge in [0.05, 0.1) is 0 Å². The molecule has 0 saturated heterocycles. The molecule has 0 unspecified atom stereocenters. The average Bonchev–Trinajstić information content (AvgIpc) is 2.59. The molecule has 0 aliphatic carbocycles. The lowest BCUT2D eigenvalue weighted by molar-refractivity contribution is -0.112. The van der Waals surface area contributed by atoms with Crippen LogP contribution in [0.15, 0.2) is 72.8 Å². The molecule has 1 N–H and O–H groups in total. The number of benzene rings is 2. The summed E-state index contributed by atoms with van der Waals surface area (Å²) in [5.41, 5.74) is 1.43. The Morgan fingerprint density at radius 2 is 1.87 bits per heavy atom. The van der Waals surface area contributed by atoms with Crippen LogP contribution in [-0.2, 0) is 4.79 Å². The lowest BCUT2D eigenvalue weighted by Gasteiger charge is -2.05. The first-order valence-electron chi connectivity index (χ1n) is 7.05. The van der Waals surface area contributed by atoms with Gasteiger partial charge in [0, 0.05) is 5.69 Å². The smallest absolute Gasteiger partial charge is 0.266 e. The fourth-order valence-electron chi connectivity index (χ4n) is 1.85. The van der Waals surface area contributed by atoms with Gasteiger partial charge < -0.3 is 10.1 Å². The van der Waals surface area contributed by atoms with Crippen molar-refractivity contribution in [2.75, 3.05) is 11.9 Å². The molecule has 0 bridgehead atoms. The Hall–Kier alpha value is -3.32. The van der Waals surface area contributed by atoms with Gasteiger partial charge in [0.2, 0.25) is 0 Å². The normalized spacial score (nSPS) is 10.5. The summed E-state index contributed by atoms with van der Waals surface area (Å²) in [5, 5.41) is 11.9. The average molecular weight is 304 g/mol. The molecule has 0 aliphatic rings. The Morgan fingerprint density at radius 1 is 1.17 bits per heavy atom. The second kappa shape index (κ2) is 8.20. The first kappa shape index (κ1) is 16.1. The summed E-state index contributed by atoms with van der Waals surface area (Å²) in [5.74, 6) is 0.264. The molecule has 0 aliphatic heterocycles. The third-order valence-corrected chi connectivity index (χ3v) is 2.96. The van der Waals surface area contributed by atoms with E-state index in [0.29, 0.717) is 18.0 Å². The minimum Gasteiger partial charge on any atom is -0.490 e. The maximum Gasteiger partial charge on any atom is 0.266 e. The Bertz CT molecular complexity index is 741. The predicted molar refractivity (Wildman–Crippen MR) is 90.8 cm³/mol. The SMILES string of the molecule is C=CCOc1ccc(/C=C(\C#N)C(=O)Nc2ccccc2)cc1. The molecule has 0 radical (unpaired) electrons. The van der Waals surface area contributed by atoms with Gasteiger partial charge in [-0.05, 0) is 35.9 Å². The van der Waals surface area contributed by atoms with Crippen LogP contribution >= 0.6 is 0 Å². The summed E-state index contributed by atoms with van der Waals surface area (Å²) in [4.78, 5) is 12.1. The van der Waals surface area contributed by atoms with Gasteiger partial charge in [-0.1, -0.05) is 43.0 Å². The summed E-state index contributed by atoms with van der Waals surface area (Å²) in [6.07, 6.45) is 3.20. The second-order valence-corrected chi connectivity index (χ2v) is 4.66. The van der Waals surface area contributed by atoms with Crippen molar-refractivity contribution in [1.29, 1.82) is 5.26 Å². The molecule has 1 amide bonds. The fourth-order valence-corrected chi connectivity index (χ4v) is 1.85. The van der Waals surface area contributed by atoms with Gasteiger partial charge in [-0.3, -0.25) is 4.79 Å². The maximum atomic E-state index is 12.1. The van der Waals surface area contributed by atoms with Gasteiger partial charge in [-0.2, -0.15) is 5.26 Å². The van der Waals surface area contributed by atoms with E-state index in [1.165, 1.54) is 6.08 Å². The third kappa shape index (κ3) is 4.87. The van der Waals surface area contributed by atoms with Crippen LogP contribution in [0, 0.1) is 11.3 Å². The van der Waals surface area contributed by atoms with Crippen LogP contribution in [0.25, 0.3) is 6.08 Å². The molecular weight excluding hydrogens is 288 g/mol. The molecule has 23 heavy (non-hydrogen) atoms. The Balaban J connectivity index is 2.10. The first-order valence-corrected chi connectivity index (χ1v) is 7.05. The molecular formula is C19H16N2O2. The summed E-state index contributed by atoms with van der Waals surface area (Å²) >= 11 is 0. The van der Waals surface area contributed by atoms with Crippen molar-refractivity contribution in [1.82, 2.24) is 0 Å². The number of nitrogens with one attached hydrogen (secondary N) is 1. The van der Waals surface area contributed by atoms with Crippen molar-refractivity contribution in [3.63, 3.8) is 0 Å². The van der Waals surface area contributed by atoms with E-state index in [1.807, 2.05) is 24.3 Å². The number of carbonyl (C=O) groups is 1. The van der Waals surface area contributed by atoms with E-state index in [4.69, 9.17) is 4.74 Å². The minimum atomic E-state index is -0.439. The molecule has 4 nitrogen and oxygen atoms in total. The number of hydrogen-bond donors (Lipinski definition) is 1. The highest BCUT2D eigenvalue weighted by Gasteiger charge is 2.09. The van der Waals surface area contributed by atoms with E-state index in [1.54, 1.807) is 42.5 Å². The third-order valence-electron chi connectivity index (χ3n) is 2.96. The highest BCUT2D eigenvalue weighted by molar-refractivity contribution is 6.09.